The molecule has 1 fully saturated rings. The summed E-state index contributed by atoms with van der Waals surface area (Å²) in [6, 6.07) is 0. The highest BCUT2D eigenvalue weighted by Gasteiger charge is 2.30. The van der Waals surface area contributed by atoms with Crippen LogP contribution in [0.1, 0.15) is 53.3 Å². The van der Waals surface area contributed by atoms with Crippen molar-refractivity contribution in [3.05, 3.63) is 15.6 Å². The first-order chi connectivity index (χ1) is 9.38. The van der Waals surface area contributed by atoms with Gasteiger partial charge in [0.15, 0.2) is 0 Å². The minimum atomic E-state index is -0.834. The Bertz CT molecular complexity index is 487. The van der Waals surface area contributed by atoms with Crippen molar-refractivity contribution < 1.29 is 9.90 Å². The van der Waals surface area contributed by atoms with Crippen molar-refractivity contribution in [3.63, 3.8) is 0 Å². The second-order valence-corrected chi connectivity index (χ2v) is 9.62. The number of rotatable bonds is 4. The van der Waals surface area contributed by atoms with Crippen molar-refractivity contribution in [2.24, 2.45) is 5.92 Å². The van der Waals surface area contributed by atoms with Crippen LogP contribution in [-0.2, 0) is 6.42 Å². The van der Waals surface area contributed by atoms with Crippen molar-refractivity contribution in [2.45, 2.75) is 49.9 Å². The lowest BCUT2D eigenvalue weighted by molar-refractivity contribution is 0.0700. The Balaban J connectivity index is 2.22. The van der Waals surface area contributed by atoms with E-state index in [9.17, 15) is 9.90 Å². The van der Waals surface area contributed by atoms with E-state index in [2.05, 4.69) is 32.7 Å². The average Bonchev–Trinajstić information content (AvgIpc) is 2.76. The van der Waals surface area contributed by atoms with Crippen LogP contribution in [0, 0.1) is 5.92 Å². The second-order valence-electron chi connectivity index (χ2n) is 5.60. The lowest BCUT2D eigenvalue weighted by Crippen LogP contribution is -2.21. The lowest BCUT2D eigenvalue weighted by atomic mass is 10.1. The van der Waals surface area contributed by atoms with Gasteiger partial charge < -0.3 is 5.11 Å². The molecule has 20 heavy (non-hydrogen) atoms. The first kappa shape index (κ1) is 16.2. The Morgan fingerprint density at radius 1 is 1.40 bits per heavy atom. The Morgan fingerprint density at radius 2 is 2.10 bits per heavy atom. The molecule has 2 heterocycles. The number of thioether (sulfide) groups is 2. The maximum Gasteiger partial charge on any atom is 0.347 e. The third kappa shape index (κ3) is 3.71. The molecule has 1 aliphatic heterocycles. The summed E-state index contributed by atoms with van der Waals surface area (Å²) < 4.78 is 0. The Hall–Kier alpha value is -0.200. The number of thiazole rings is 1. The zero-order valence-corrected chi connectivity index (χ0v) is 14.7. The van der Waals surface area contributed by atoms with Crippen molar-refractivity contribution in [1.29, 1.82) is 0 Å². The predicted molar refractivity (Wildman–Crippen MR) is 89.3 cm³/mol. The summed E-state index contributed by atoms with van der Waals surface area (Å²) >= 11 is 5.27. The molecule has 1 aromatic rings. The Morgan fingerprint density at radius 3 is 2.65 bits per heavy atom. The fourth-order valence-electron chi connectivity index (χ4n) is 2.11. The molecular weight excluding hydrogens is 310 g/mol. The second kappa shape index (κ2) is 6.71. The smallest absolute Gasteiger partial charge is 0.347 e. The summed E-state index contributed by atoms with van der Waals surface area (Å²) in [5.74, 6) is 0.624. The fraction of sp³-hybridized carbons (Fsp3) is 0.714. The van der Waals surface area contributed by atoms with Gasteiger partial charge in [-0.25, -0.2) is 9.78 Å². The van der Waals surface area contributed by atoms with Gasteiger partial charge in [0.25, 0.3) is 0 Å². The van der Waals surface area contributed by atoms with E-state index in [1.54, 1.807) is 0 Å². The van der Waals surface area contributed by atoms with E-state index in [0.717, 1.165) is 22.9 Å². The third-order valence-corrected chi connectivity index (χ3v) is 8.08. The molecule has 0 aliphatic carbocycles. The van der Waals surface area contributed by atoms with Crippen LogP contribution in [0.25, 0.3) is 0 Å². The van der Waals surface area contributed by atoms with Gasteiger partial charge in [0.05, 0.1) is 10.9 Å². The van der Waals surface area contributed by atoms with Crippen LogP contribution in [0.15, 0.2) is 0 Å². The zero-order valence-electron chi connectivity index (χ0n) is 12.3. The lowest BCUT2D eigenvalue weighted by Gasteiger charge is -2.30. The molecule has 1 aromatic heterocycles. The number of aromatic carboxylic acids is 1. The van der Waals surface area contributed by atoms with Crippen molar-refractivity contribution in [1.82, 2.24) is 4.98 Å². The van der Waals surface area contributed by atoms with Crippen LogP contribution in [0.4, 0.5) is 0 Å². The van der Waals surface area contributed by atoms with Crippen molar-refractivity contribution in [3.8, 4) is 0 Å². The highest BCUT2D eigenvalue weighted by Crippen LogP contribution is 2.45. The topological polar surface area (TPSA) is 50.2 Å². The molecule has 1 aliphatic rings. The first-order valence-electron chi connectivity index (χ1n) is 6.88. The molecule has 1 saturated heterocycles. The molecule has 3 nitrogen and oxygen atoms in total. The molecule has 0 amide bonds. The van der Waals surface area contributed by atoms with Gasteiger partial charge in [0.1, 0.15) is 9.88 Å². The molecule has 112 valence electrons. The summed E-state index contributed by atoms with van der Waals surface area (Å²) in [5, 5.41) is 11.9. The summed E-state index contributed by atoms with van der Waals surface area (Å²) in [4.78, 5) is 16.5. The first-order valence-corrected chi connectivity index (χ1v) is 9.69. The van der Waals surface area contributed by atoms with Crippen LogP contribution < -0.4 is 0 Å². The molecule has 1 N–H and O–H groups in total. The molecule has 0 saturated carbocycles. The maximum atomic E-state index is 11.4. The van der Waals surface area contributed by atoms with Crippen LogP contribution in [0.3, 0.4) is 0 Å². The van der Waals surface area contributed by atoms with E-state index in [1.807, 2.05) is 23.5 Å². The number of aromatic nitrogens is 1. The minimum absolute atomic E-state index is 0.343. The fourth-order valence-corrected chi connectivity index (χ4v) is 6.24. The molecular formula is C14H21NO2S3. The molecule has 6 heteroatoms. The summed E-state index contributed by atoms with van der Waals surface area (Å²) in [7, 11) is 0. The normalized spacial score (nSPS) is 26.9. The highest BCUT2D eigenvalue weighted by molar-refractivity contribution is 8.07. The molecule has 2 rings (SSSR count). The average molecular weight is 332 g/mol. The standard InChI is InChI=1S/C14H21NO2S3/c1-7(2)5-10-12(14(16)17)20-13(15-10)11-6-18-8(3)9(4)19-11/h7-9,11H,5-6H2,1-4H3,(H,16,17). The number of carboxylic acids is 1. The largest absolute Gasteiger partial charge is 0.477 e. The van der Waals surface area contributed by atoms with Crippen LogP contribution in [0.5, 0.6) is 0 Å². The van der Waals surface area contributed by atoms with E-state index < -0.39 is 5.97 Å². The number of carbonyl (C=O) groups is 1. The molecule has 0 radical (unpaired) electrons. The minimum Gasteiger partial charge on any atom is -0.477 e. The van der Waals surface area contributed by atoms with Crippen molar-refractivity contribution >= 4 is 40.8 Å². The van der Waals surface area contributed by atoms with Gasteiger partial charge in [-0.05, 0) is 12.3 Å². The molecule has 3 unspecified atom stereocenters. The third-order valence-electron chi connectivity index (χ3n) is 3.34. The molecule has 0 spiro atoms. The van der Waals surface area contributed by atoms with E-state index in [1.165, 1.54) is 11.3 Å². The van der Waals surface area contributed by atoms with Gasteiger partial charge in [0, 0.05) is 16.3 Å². The maximum absolute atomic E-state index is 11.4. The van der Waals surface area contributed by atoms with Crippen LogP contribution in [0.2, 0.25) is 0 Å². The summed E-state index contributed by atoms with van der Waals surface area (Å²) in [6.07, 6.45) is 0.745. The van der Waals surface area contributed by atoms with E-state index in [4.69, 9.17) is 0 Å². The number of hydrogen-bond donors (Lipinski definition) is 1. The predicted octanol–water partition coefficient (Wildman–Crippen LogP) is 4.34. The van der Waals surface area contributed by atoms with Gasteiger partial charge in [0.2, 0.25) is 0 Å². The van der Waals surface area contributed by atoms with Gasteiger partial charge >= 0.3 is 5.97 Å². The number of hydrogen-bond acceptors (Lipinski definition) is 5. The van der Waals surface area contributed by atoms with Gasteiger partial charge in [-0.3, -0.25) is 0 Å². The van der Waals surface area contributed by atoms with E-state index >= 15 is 0 Å². The molecule has 0 bridgehead atoms. The van der Waals surface area contributed by atoms with Gasteiger partial charge in [-0.1, -0.05) is 27.7 Å². The molecule has 0 aromatic carbocycles. The highest BCUT2D eigenvalue weighted by atomic mass is 32.2. The Kier molecular flexibility index (Phi) is 5.42. The van der Waals surface area contributed by atoms with E-state index in [-0.39, 0.29) is 0 Å². The quantitative estimate of drug-likeness (QED) is 0.889. The molecule has 3 atom stereocenters. The number of nitrogens with zero attached hydrogens (tertiary/aromatic N) is 1. The SMILES string of the molecule is CC(C)Cc1nc(C2CSC(C)C(C)S2)sc1C(=O)O. The Labute approximate surface area is 133 Å². The number of carboxylic acid groups (broad SMARTS) is 1. The summed E-state index contributed by atoms with van der Waals surface area (Å²) in [5.41, 5.74) is 0.768. The monoisotopic (exact) mass is 331 g/mol. The van der Waals surface area contributed by atoms with Crippen molar-refractivity contribution in [2.75, 3.05) is 5.75 Å². The van der Waals surface area contributed by atoms with Crippen LogP contribution >= 0.6 is 34.9 Å². The van der Waals surface area contributed by atoms with Gasteiger partial charge in [-0.2, -0.15) is 11.8 Å². The van der Waals surface area contributed by atoms with Gasteiger partial charge in [-0.15, -0.1) is 23.1 Å². The van der Waals surface area contributed by atoms with Crippen LogP contribution in [-0.4, -0.2) is 32.3 Å². The zero-order chi connectivity index (χ0) is 14.9. The summed E-state index contributed by atoms with van der Waals surface area (Å²) in [6.45, 7) is 8.70. The van der Waals surface area contributed by atoms with E-state index in [0.29, 0.717) is 26.5 Å².